The second-order valence-electron chi connectivity index (χ2n) is 2.20. The van der Waals surface area contributed by atoms with E-state index in [4.69, 9.17) is 0 Å². The van der Waals surface area contributed by atoms with Gasteiger partial charge in [-0.15, -0.1) is 9.24 Å². The Morgan fingerprint density at radius 1 is 1.22 bits per heavy atom. The summed E-state index contributed by atoms with van der Waals surface area (Å²) >= 11 is 0. The third-order valence-electron chi connectivity index (χ3n) is 1.33. The molecule has 0 spiro atoms. The highest BCUT2D eigenvalue weighted by Crippen LogP contribution is 2.16. The molecule has 2 atom stereocenters. The van der Waals surface area contributed by atoms with Gasteiger partial charge in [-0.2, -0.15) is 0 Å². The molecular formula is C7H10BP. The summed E-state index contributed by atoms with van der Waals surface area (Å²) in [7, 11) is 4.94. The molecule has 0 aromatic heterocycles. The SMILES string of the molecule is BC(P)c1ccccc1. The molecule has 0 heterocycles. The summed E-state index contributed by atoms with van der Waals surface area (Å²) in [6, 6.07) is 10.4. The Bertz CT molecular complexity index is 172. The molecular weight excluding hydrogens is 126 g/mol. The van der Waals surface area contributed by atoms with Crippen molar-refractivity contribution in [1.29, 1.82) is 0 Å². The van der Waals surface area contributed by atoms with Crippen molar-refractivity contribution in [2.75, 3.05) is 0 Å². The first-order chi connectivity index (χ1) is 4.30. The molecule has 1 rings (SSSR count). The lowest BCUT2D eigenvalue weighted by atomic mass is 9.96. The van der Waals surface area contributed by atoms with Gasteiger partial charge < -0.3 is 0 Å². The van der Waals surface area contributed by atoms with Crippen molar-refractivity contribution in [1.82, 2.24) is 0 Å². The summed E-state index contributed by atoms with van der Waals surface area (Å²) in [6.45, 7) is 0. The van der Waals surface area contributed by atoms with E-state index in [1.54, 1.807) is 0 Å². The summed E-state index contributed by atoms with van der Waals surface area (Å²) in [5.74, 6) is 0. The van der Waals surface area contributed by atoms with Crippen LogP contribution in [0, 0.1) is 0 Å². The molecule has 0 nitrogen and oxygen atoms in total. The maximum atomic E-state index is 2.77. The second-order valence-corrected chi connectivity index (χ2v) is 3.20. The number of benzene rings is 1. The summed E-state index contributed by atoms with van der Waals surface area (Å²) in [5, 5.41) is 0. The van der Waals surface area contributed by atoms with Crippen molar-refractivity contribution in [2.45, 2.75) is 5.56 Å². The van der Waals surface area contributed by atoms with Crippen LogP contribution in [0.5, 0.6) is 0 Å². The van der Waals surface area contributed by atoms with Crippen molar-refractivity contribution in [3.8, 4) is 0 Å². The van der Waals surface area contributed by atoms with Crippen LogP contribution in [0.4, 0.5) is 0 Å². The molecule has 0 aliphatic carbocycles. The van der Waals surface area contributed by atoms with Gasteiger partial charge in [-0.1, -0.05) is 30.3 Å². The molecule has 2 unspecified atom stereocenters. The van der Waals surface area contributed by atoms with Gasteiger partial charge in [-0.25, -0.2) is 0 Å². The number of hydrogen-bond acceptors (Lipinski definition) is 0. The van der Waals surface area contributed by atoms with E-state index >= 15 is 0 Å². The second kappa shape index (κ2) is 3.03. The molecule has 0 bridgehead atoms. The van der Waals surface area contributed by atoms with Gasteiger partial charge in [0, 0.05) is 0 Å². The van der Waals surface area contributed by atoms with Crippen LogP contribution in [0.15, 0.2) is 30.3 Å². The zero-order chi connectivity index (χ0) is 6.69. The standard InChI is InChI=1S/C7H10BP/c8-7(9)6-4-2-1-3-5-6/h1-5,7H,8-9H2. The highest BCUT2D eigenvalue weighted by molar-refractivity contribution is 7.20. The van der Waals surface area contributed by atoms with Gasteiger partial charge >= 0.3 is 0 Å². The highest BCUT2D eigenvalue weighted by Gasteiger charge is 1.93. The van der Waals surface area contributed by atoms with Gasteiger partial charge in [0.05, 0.1) is 0 Å². The van der Waals surface area contributed by atoms with Crippen molar-refractivity contribution in [2.24, 2.45) is 0 Å². The molecule has 0 aliphatic rings. The Morgan fingerprint density at radius 3 is 2.11 bits per heavy atom. The summed E-state index contributed by atoms with van der Waals surface area (Å²) in [4.78, 5) is 0. The molecule has 0 aliphatic heterocycles. The molecule has 1 aromatic carbocycles. The molecule has 0 amide bonds. The molecule has 0 fully saturated rings. The zero-order valence-electron chi connectivity index (χ0n) is 5.54. The monoisotopic (exact) mass is 136 g/mol. The Labute approximate surface area is 59.3 Å². The van der Waals surface area contributed by atoms with Crippen LogP contribution in [-0.2, 0) is 0 Å². The smallest absolute Gasteiger partial charge is 0.116 e. The molecule has 0 saturated carbocycles. The summed E-state index contributed by atoms with van der Waals surface area (Å²) in [6.07, 6.45) is 0. The Balaban J connectivity index is 2.85. The third kappa shape index (κ3) is 1.84. The quantitative estimate of drug-likeness (QED) is 0.401. The van der Waals surface area contributed by atoms with Crippen LogP contribution in [0.25, 0.3) is 0 Å². The average molecular weight is 136 g/mol. The van der Waals surface area contributed by atoms with E-state index in [1.807, 2.05) is 6.07 Å². The molecule has 1 aromatic rings. The normalized spacial score (nSPS) is 13.0. The van der Waals surface area contributed by atoms with Crippen LogP contribution in [0.1, 0.15) is 11.1 Å². The predicted molar refractivity (Wildman–Crippen MR) is 47.4 cm³/mol. The van der Waals surface area contributed by atoms with Gasteiger partial charge in [0.15, 0.2) is 0 Å². The van der Waals surface area contributed by atoms with Gasteiger partial charge in [0.2, 0.25) is 0 Å². The van der Waals surface area contributed by atoms with Crippen LogP contribution in [0.2, 0.25) is 0 Å². The fourth-order valence-corrected chi connectivity index (χ4v) is 0.979. The van der Waals surface area contributed by atoms with Crippen molar-refractivity contribution in [3.63, 3.8) is 0 Å². The Kier molecular flexibility index (Phi) is 2.30. The average Bonchev–Trinajstić information content (AvgIpc) is 1.90. The van der Waals surface area contributed by atoms with Gasteiger partial charge in [0.1, 0.15) is 7.85 Å². The van der Waals surface area contributed by atoms with Crippen molar-refractivity contribution < 1.29 is 0 Å². The molecule has 9 heavy (non-hydrogen) atoms. The lowest BCUT2D eigenvalue weighted by Crippen LogP contribution is -1.84. The topological polar surface area (TPSA) is 0 Å². The Hall–Kier alpha value is -0.285. The van der Waals surface area contributed by atoms with Crippen LogP contribution in [-0.4, -0.2) is 7.85 Å². The minimum atomic E-state index is 0.575. The van der Waals surface area contributed by atoms with Crippen LogP contribution in [0.3, 0.4) is 0 Å². The minimum absolute atomic E-state index is 0.575. The minimum Gasteiger partial charge on any atom is -0.138 e. The van der Waals surface area contributed by atoms with E-state index < -0.39 is 0 Å². The molecule has 46 valence electrons. The maximum Gasteiger partial charge on any atom is 0.116 e. The fourth-order valence-electron chi connectivity index (χ4n) is 0.757. The van der Waals surface area contributed by atoms with E-state index in [2.05, 4.69) is 41.4 Å². The lowest BCUT2D eigenvalue weighted by molar-refractivity contribution is 1.37. The summed E-state index contributed by atoms with van der Waals surface area (Å²) < 4.78 is 0. The summed E-state index contributed by atoms with van der Waals surface area (Å²) in [5.41, 5.74) is 1.95. The third-order valence-corrected chi connectivity index (χ3v) is 1.71. The van der Waals surface area contributed by atoms with E-state index in [9.17, 15) is 0 Å². The first-order valence-corrected chi connectivity index (χ1v) is 3.78. The maximum absolute atomic E-state index is 2.77. The Morgan fingerprint density at radius 2 is 1.78 bits per heavy atom. The predicted octanol–water partition coefficient (Wildman–Crippen LogP) is 1.19. The first kappa shape index (κ1) is 6.83. The van der Waals surface area contributed by atoms with E-state index in [1.165, 1.54) is 5.56 Å². The van der Waals surface area contributed by atoms with E-state index in [0.29, 0.717) is 5.56 Å². The first-order valence-electron chi connectivity index (χ1n) is 3.11. The van der Waals surface area contributed by atoms with Crippen LogP contribution >= 0.6 is 9.24 Å². The lowest BCUT2D eigenvalue weighted by Gasteiger charge is -2.01. The molecule has 2 heteroatoms. The fraction of sp³-hybridized carbons (Fsp3) is 0.143. The molecule has 0 N–H and O–H groups in total. The van der Waals surface area contributed by atoms with Crippen molar-refractivity contribution in [3.05, 3.63) is 35.9 Å². The zero-order valence-corrected chi connectivity index (χ0v) is 6.70. The molecule has 0 saturated heterocycles. The van der Waals surface area contributed by atoms with Gasteiger partial charge in [-0.3, -0.25) is 0 Å². The largest absolute Gasteiger partial charge is 0.138 e. The van der Waals surface area contributed by atoms with Crippen LogP contribution < -0.4 is 0 Å². The van der Waals surface area contributed by atoms with E-state index in [0.717, 1.165) is 0 Å². The van der Waals surface area contributed by atoms with Gasteiger partial charge in [-0.05, 0) is 11.1 Å². The number of hydrogen-bond donors (Lipinski definition) is 0. The van der Waals surface area contributed by atoms with Crippen molar-refractivity contribution >= 4 is 17.1 Å². The number of rotatable bonds is 1. The van der Waals surface area contributed by atoms with E-state index in [-0.39, 0.29) is 0 Å². The molecule has 0 radical (unpaired) electrons. The van der Waals surface area contributed by atoms with Gasteiger partial charge in [0.25, 0.3) is 0 Å². The highest BCUT2D eigenvalue weighted by atomic mass is 31.0.